The average molecular weight is 620 g/mol. The Bertz CT molecular complexity index is 1850. The van der Waals surface area contributed by atoms with Crippen LogP contribution < -0.4 is 19.7 Å². The van der Waals surface area contributed by atoms with E-state index in [1.165, 1.54) is 0 Å². The first-order valence-electron chi connectivity index (χ1n) is 15.3. The molecular weight excluding hydrogens is 582 g/mol. The highest BCUT2D eigenvalue weighted by Gasteiger charge is 2.39. The van der Waals surface area contributed by atoms with Crippen LogP contribution in [-0.2, 0) is 24.9 Å². The zero-order chi connectivity index (χ0) is 31.9. The fraction of sp³-hybridized carbons (Fsp3) is 0.314. The average Bonchev–Trinajstić information content (AvgIpc) is 3.87. The molecule has 1 amide bonds. The van der Waals surface area contributed by atoms with Crippen molar-refractivity contribution in [3.63, 3.8) is 0 Å². The van der Waals surface area contributed by atoms with Crippen molar-refractivity contribution in [2.75, 3.05) is 37.6 Å². The highest BCUT2D eigenvalue weighted by atomic mass is 16.5. The number of nitrogens with zero attached hydrogens (tertiary/aromatic N) is 6. The van der Waals surface area contributed by atoms with Crippen molar-refractivity contribution >= 4 is 41.2 Å². The van der Waals surface area contributed by atoms with Crippen LogP contribution in [0.1, 0.15) is 46.1 Å². The third-order valence-electron chi connectivity index (χ3n) is 9.15. The van der Waals surface area contributed by atoms with Gasteiger partial charge in [0.2, 0.25) is 0 Å². The maximum atomic E-state index is 14.3. The molecule has 2 atom stereocenters. The van der Waals surface area contributed by atoms with Gasteiger partial charge in [-0.1, -0.05) is 6.08 Å². The van der Waals surface area contributed by atoms with Gasteiger partial charge in [-0.25, -0.2) is 9.98 Å². The predicted molar refractivity (Wildman–Crippen MR) is 178 cm³/mol. The minimum atomic E-state index is -0.102. The topological polar surface area (TPSA) is 106 Å². The zero-order valence-corrected chi connectivity index (χ0v) is 26.5. The summed E-state index contributed by atoms with van der Waals surface area (Å²) < 4.78 is 18.7. The minimum Gasteiger partial charge on any atom is -0.497 e. The number of methoxy groups -OCH3 is 2. The monoisotopic (exact) mass is 619 g/mol. The summed E-state index contributed by atoms with van der Waals surface area (Å²) in [5.41, 5.74) is 6.46. The van der Waals surface area contributed by atoms with Gasteiger partial charge in [-0.2, -0.15) is 0 Å². The summed E-state index contributed by atoms with van der Waals surface area (Å²) in [6.07, 6.45) is 8.93. The maximum absolute atomic E-state index is 14.3. The van der Waals surface area contributed by atoms with Gasteiger partial charge in [-0.15, -0.1) is 0 Å². The second-order valence-electron chi connectivity index (χ2n) is 11.8. The van der Waals surface area contributed by atoms with Gasteiger partial charge in [-0.05, 0) is 50.4 Å². The lowest BCUT2D eigenvalue weighted by Gasteiger charge is -2.28. The van der Waals surface area contributed by atoms with E-state index in [1.807, 2.05) is 72.2 Å². The molecule has 11 nitrogen and oxygen atoms in total. The number of nitrogens with one attached hydrogen (secondary N) is 1. The van der Waals surface area contributed by atoms with E-state index in [4.69, 9.17) is 24.2 Å². The van der Waals surface area contributed by atoms with Gasteiger partial charge in [0.25, 0.3) is 5.91 Å². The molecule has 3 aliphatic rings. The number of allylic oxidation sites excluding steroid dienone is 1. The van der Waals surface area contributed by atoms with Crippen molar-refractivity contribution in [3.8, 4) is 11.5 Å². The van der Waals surface area contributed by atoms with Crippen molar-refractivity contribution in [1.82, 2.24) is 19.4 Å². The molecule has 2 saturated heterocycles. The number of pyridine rings is 2. The standard InChI is InChI=1S/C35H37N7O4/c1-6-26(27-11-12-40(3)34(27)36-2)33-28-19-41(17-21-7-9-24(44-4)14-30(21)45-5)35(43)32(28)29(16-38-33)39-31-10-8-22(15-37-31)42-18-25-13-23(42)20-46-25/h6-12,14-16,23,25H,2,13,17-20H2,1,3-5H3,(H,37,39)/b26-6+. The Morgan fingerprint density at radius 3 is 2.72 bits per heavy atom. The SMILES string of the molecule is C=Nc1c(/C(=C\C)c2ncc(Nc3ccc(N4CC5CC4CO5)cn3)c3c2CN(Cc2ccc(OC)cc2OC)C3=O)ccn1C. The number of rotatable bonds is 10. The molecule has 6 heterocycles. The summed E-state index contributed by atoms with van der Waals surface area (Å²) >= 11 is 0. The number of aromatic nitrogens is 3. The van der Waals surface area contributed by atoms with E-state index in [-0.39, 0.29) is 5.91 Å². The van der Waals surface area contributed by atoms with Gasteiger partial charge in [0.1, 0.15) is 23.1 Å². The fourth-order valence-electron chi connectivity index (χ4n) is 6.85. The molecule has 4 aromatic rings. The summed E-state index contributed by atoms with van der Waals surface area (Å²) in [5.74, 6) is 2.61. The summed E-state index contributed by atoms with van der Waals surface area (Å²) in [7, 11) is 5.16. The smallest absolute Gasteiger partial charge is 0.257 e. The summed E-state index contributed by atoms with van der Waals surface area (Å²) in [6.45, 7) is 8.12. The van der Waals surface area contributed by atoms with Gasteiger partial charge < -0.3 is 33.9 Å². The van der Waals surface area contributed by atoms with E-state index in [0.717, 1.165) is 59.0 Å². The molecule has 0 aliphatic carbocycles. The number of fused-ring (bicyclic) bond motifs is 3. The zero-order valence-electron chi connectivity index (χ0n) is 26.5. The molecule has 1 aromatic carbocycles. The number of carbonyl (C=O) groups is 1. The van der Waals surface area contributed by atoms with Crippen molar-refractivity contribution in [3.05, 3.63) is 89.0 Å². The molecule has 0 saturated carbocycles. The maximum Gasteiger partial charge on any atom is 0.257 e. The molecule has 3 aliphatic heterocycles. The Morgan fingerprint density at radius 2 is 2.04 bits per heavy atom. The minimum absolute atomic E-state index is 0.102. The normalized spacial score (nSPS) is 18.7. The number of aryl methyl sites for hydroxylation is 1. The molecule has 0 spiro atoms. The van der Waals surface area contributed by atoms with Gasteiger partial charge in [-0.3, -0.25) is 9.78 Å². The number of aliphatic imine (C=N–C) groups is 1. The lowest BCUT2D eigenvalue weighted by atomic mass is 9.97. The van der Waals surface area contributed by atoms with Crippen LogP contribution in [0.3, 0.4) is 0 Å². The quantitative estimate of drug-likeness (QED) is 0.232. The van der Waals surface area contributed by atoms with Crippen LogP contribution in [0.4, 0.5) is 23.0 Å². The molecule has 2 bridgehead atoms. The number of hydrogen-bond acceptors (Lipinski definition) is 9. The van der Waals surface area contributed by atoms with Crippen LogP contribution in [0.25, 0.3) is 5.57 Å². The van der Waals surface area contributed by atoms with Gasteiger partial charge in [0.15, 0.2) is 0 Å². The molecule has 7 rings (SSSR count). The predicted octanol–water partition coefficient (Wildman–Crippen LogP) is 5.49. The van der Waals surface area contributed by atoms with E-state index in [1.54, 1.807) is 20.4 Å². The highest BCUT2D eigenvalue weighted by molar-refractivity contribution is 6.05. The fourth-order valence-corrected chi connectivity index (χ4v) is 6.85. The number of benzene rings is 1. The van der Waals surface area contributed by atoms with Crippen molar-refractivity contribution in [2.45, 2.75) is 38.6 Å². The Labute approximate surface area is 268 Å². The van der Waals surface area contributed by atoms with Crippen LogP contribution >= 0.6 is 0 Å². The van der Waals surface area contributed by atoms with Crippen molar-refractivity contribution < 1.29 is 19.0 Å². The molecule has 0 radical (unpaired) electrons. The van der Waals surface area contributed by atoms with E-state index >= 15 is 0 Å². The molecule has 11 heteroatoms. The molecule has 2 fully saturated rings. The molecule has 46 heavy (non-hydrogen) atoms. The summed E-state index contributed by atoms with van der Waals surface area (Å²) in [4.78, 5) is 32.4. The number of carbonyl (C=O) groups excluding carboxylic acids is 1. The highest BCUT2D eigenvalue weighted by Crippen LogP contribution is 2.40. The molecule has 2 unspecified atom stereocenters. The van der Waals surface area contributed by atoms with Crippen molar-refractivity contribution in [1.29, 1.82) is 0 Å². The first-order valence-corrected chi connectivity index (χ1v) is 15.3. The third-order valence-corrected chi connectivity index (χ3v) is 9.15. The summed E-state index contributed by atoms with van der Waals surface area (Å²) in [5, 5.41) is 3.40. The van der Waals surface area contributed by atoms with E-state index in [2.05, 4.69) is 28.0 Å². The Morgan fingerprint density at radius 1 is 1.17 bits per heavy atom. The Balaban J connectivity index is 1.24. The molecule has 236 valence electrons. The third kappa shape index (κ3) is 5.06. The van der Waals surface area contributed by atoms with Crippen molar-refractivity contribution in [2.24, 2.45) is 12.0 Å². The van der Waals surface area contributed by atoms with E-state index in [9.17, 15) is 4.79 Å². The first-order chi connectivity index (χ1) is 22.4. The second kappa shape index (κ2) is 12.0. The van der Waals surface area contributed by atoms with Crippen LogP contribution in [0, 0.1) is 0 Å². The van der Waals surface area contributed by atoms with E-state index in [0.29, 0.717) is 53.8 Å². The summed E-state index contributed by atoms with van der Waals surface area (Å²) in [6, 6.07) is 12.1. The Kier molecular flexibility index (Phi) is 7.69. The van der Waals surface area contributed by atoms with Gasteiger partial charge in [0, 0.05) is 61.2 Å². The number of hydrogen-bond donors (Lipinski definition) is 1. The lowest BCUT2D eigenvalue weighted by Crippen LogP contribution is -2.36. The number of anilines is 3. The van der Waals surface area contributed by atoms with Crippen LogP contribution in [0.2, 0.25) is 0 Å². The van der Waals surface area contributed by atoms with Gasteiger partial charge in [0.05, 0.1) is 68.0 Å². The molecular formula is C35H37N7O4. The molecule has 1 N–H and O–H groups in total. The van der Waals surface area contributed by atoms with Crippen LogP contribution in [0.5, 0.6) is 11.5 Å². The van der Waals surface area contributed by atoms with Gasteiger partial charge >= 0.3 is 0 Å². The number of morpholine rings is 1. The lowest BCUT2D eigenvalue weighted by molar-refractivity contribution is 0.0766. The first kappa shape index (κ1) is 29.5. The van der Waals surface area contributed by atoms with E-state index < -0.39 is 0 Å². The largest absolute Gasteiger partial charge is 0.497 e. The Hall–Kier alpha value is -5.16. The molecule has 3 aromatic heterocycles. The number of amides is 1. The van der Waals surface area contributed by atoms with Crippen LogP contribution in [-0.4, -0.2) is 71.6 Å². The van der Waals surface area contributed by atoms with Crippen LogP contribution in [0.15, 0.2) is 66.1 Å². The second-order valence-corrected chi connectivity index (χ2v) is 11.8. The number of ether oxygens (including phenoxy) is 3.